The highest BCUT2D eigenvalue weighted by Crippen LogP contribution is 2.19. The van der Waals surface area contributed by atoms with Crippen LogP contribution in [0.4, 0.5) is 0 Å². The quantitative estimate of drug-likeness (QED) is 0.756. The van der Waals surface area contributed by atoms with Crippen molar-refractivity contribution in [2.24, 2.45) is 0 Å². The Kier molecular flexibility index (Phi) is 7.21. The van der Waals surface area contributed by atoms with Crippen LogP contribution in [0.25, 0.3) is 0 Å². The Bertz CT molecular complexity index is 573. The first-order valence-corrected chi connectivity index (χ1v) is 8.43. The first kappa shape index (κ1) is 19.2. The van der Waals surface area contributed by atoms with Gasteiger partial charge in [-0.05, 0) is 24.1 Å². The molecule has 0 unspecified atom stereocenters. The molecule has 1 aliphatic rings. The highest BCUT2D eigenvalue weighted by atomic mass is 16.5. The topological polar surface area (TPSA) is 88.1 Å². The molecule has 7 nitrogen and oxygen atoms in total. The van der Waals surface area contributed by atoms with Gasteiger partial charge in [0, 0.05) is 33.5 Å². The van der Waals surface area contributed by atoms with Crippen molar-refractivity contribution in [2.75, 3.05) is 27.3 Å². The summed E-state index contributed by atoms with van der Waals surface area (Å²) in [5.41, 5.74) is 0.808. The maximum Gasteiger partial charge on any atom is 0.222 e. The van der Waals surface area contributed by atoms with E-state index in [9.17, 15) is 9.59 Å². The van der Waals surface area contributed by atoms with Crippen molar-refractivity contribution in [3.63, 3.8) is 0 Å². The number of nitrogens with zero attached hydrogens (tertiary/aromatic N) is 1. The van der Waals surface area contributed by atoms with E-state index >= 15 is 0 Å². The molecular weight excluding hydrogens is 324 g/mol. The predicted molar refractivity (Wildman–Crippen MR) is 92.1 cm³/mol. The Balaban J connectivity index is 1.88. The smallest absolute Gasteiger partial charge is 0.222 e. The molecule has 0 saturated carbocycles. The highest BCUT2D eigenvalue weighted by molar-refractivity contribution is 5.83. The summed E-state index contributed by atoms with van der Waals surface area (Å²) < 4.78 is 11.4. The number of nitrogens with one attached hydrogen (secondary N) is 1. The van der Waals surface area contributed by atoms with E-state index in [-0.39, 0.29) is 43.4 Å². The van der Waals surface area contributed by atoms with Crippen molar-refractivity contribution in [2.45, 2.75) is 38.0 Å². The van der Waals surface area contributed by atoms with Gasteiger partial charge in [-0.15, -0.1) is 0 Å². The van der Waals surface area contributed by atoms with Crippen molar-refractivity contribution in [1.29, 1.82) is 0 Å². The molecule has 2 rings (SSSR count). The third-order valence-electron chi connectivity index (χ3n) is 4.11. The van der Waals surface area contributed by atoms with E-state index in [1.54, 1.807) is 38.4 Å². The van der Waals surface area contributed by atoms with Gasteiger partial charge in [0.2, 0.25) is 11.8 Å². The highest BCUT2D eigenvalue weighted by Gasteiger charge is 2.29. The Hall–Kier alpha value is -2.12. The number of hydrogen-bond donors (Lipinski definition) is 2. The fraction of sp³-hybridized carbons (Fsp3) is 0.556. The minimum absolute atomic E-state index is 0.0167. The maximum atomic E-state index is 12.1. The lowest BCUT2D eigenvalue weighted by Gasteiger charge is -2.32. The van der Waals surface area contributed by atoms with Gasteiger partial charge in [-0.25, -0.2) is 0 Å². The second-order valence-corrected chi connectivity index (χ2v) is 6.28. The van der Waals surface area contributed by atoms with E-state index in [2.05, 4.69) is 5.32 Å². The van der Waals surface area contributed by atoms with Crippen molar-refractivity contribution in [3.8, 4) is 5.75 Å². The molecule has 1 fully saturated rings. The lowest BCUT2D eigenvalue weighted by molar-refractivity contribution is -0.132. The summed E-state index contributed by atoms with van der Waals surface area (Å²) in [4.78, 5) is 25.2. The molecule has 0 radical (unpaired) electrons. The maximum absolute atomic E-state index is 12.1. The minimum Gasteiger partial charge on any atom is -0.486 e. The zero-order valence-electron chi connectivity index (χ0n) is 14.7. The first-order valence-electron chi connectivity index (χ1n) is 8.43. The van der Waals surface area contributed by atoms with Crippen molar-refractivity contribution >= 4 is 11.8 Å². The Morgan fingerprint density at radius 1 is 1.28 bits per heavy atom. The summed E-state index contributed by atoms with van der Waals surface area (Å²) in [5.74, 6) is 0.431. The molecule has 1 heterocycles. The molecule has 1 aliphatic heterocycles. The van der Waals surface area contributed by atoms with E-state index in [4.69, 9.17) is 14.6 Å². The van der Waals surface area contributed by atoms with Gasteiger partial charge in [0.05, 0.1) is 19.3 Å². The van der Waals surface area contributed by atoms with Crippen LogP contribution in [0, 0.1) is 0 Å². The number of aliphatic hydroxyl groups is 1. The number of carbonyl (C=O) groups excluding carboxylic acids is 2. The molecule has 2 amide bonds. The molecular formula is C18H26N2O5. The summed E-state index contributed by atoms with van der Waals surface area (Å²) in [6, 6.07) is 7.00. The molecule has 0 bridgehead atoms. The Morgan fingerprint density at radius 2 is 2.00 bits per heavy atom. The van der Waals surface area contributed by atoms with Crippen LogP contribution in [-0.4, -0.2) is 61.3 Å². The molecule has 2 N–H and O–H groups in total. The summed E-state index contributed by atoms with van der Waals surface area (Å²) in [5, 5.41) is 12.0. The standard InChI is InChI=1S/C18H26N2O5/c1-20(2)18(23)8-7-17(22)19-15-9-10-24-12-16(15)25-14-5-3-13(11-21)4-6-14/h3-6,15-16,21H,7-12H2,1-2H3,(H,19,22)/t15-,16-/m1/s1. The predicted octanol–water partition coefficient (Wildman–Crippen LogP) is 0.700. The summed E-state index contributed by atoms with van der Waals surface area (Å²) >= 11 is 0. The number of ether oxygens (including phenoxy) is 2. The second kappa shape index (κ2) is 9.39. The van der Waals surface area contributed by atoms with Gasteiger partial charge >= 0.3 is 0 Å². The average molecular weight is 350 g/mol. The normalized spacial score (nSPS) is 20.0. The number of aliphatic hydroxyl groups excluding tert-OH is 1. The SMILES string of the molecule is CN(C)C(=O)CCC(=O)N[C@@H]1CCOC[C@H]1Oc1ccc(CO)cc1. The van der Waals surface area contributed by atoms with Gasteiger partial charge in [0.25, 0.3) is 0 Å². The van der Waals surface area contributed by atoms with Crippen LogP contribution in [0.15, 0.2) is 24.3 Å². The largest absolute Gasteiger partial charge is 0.486 e. The van der Waals surface area contributed by atoms with E-state index in [1.807, 2.05) is 0 Å². The average Bonchev–Trinajstić information content (AvgIpc) is 2.62. The van der Waals surface area contributed by atoms with Crippen molar-refractivity contribution in [3.05, 3.63) is 29.8 Å². The van der Waals surface area contributed by atoms with Gasteiger partial charge in [0.15, 0.2) is 0 Å². The fourth-order valence-electron chi connectivity index (χ4n) is 2.56. The monoisotopic (exact) mass is 350 g/mol. The first-order chi connectivity index (χ1) is 12.0. The second-order valence-electron chi connectivity index (χ2n) is 6.28. The Labute approximate surface area is 147 Å². The van der Waals surface area contributed by atoms with Crippen LogP contribution in [0.3, 0.4) is 0 Å². The summed E-state index contributed by atoms with van der Waals surface area (Å²) in [6.07, 6.45) is 0.720. The van der Waals surface area contributed by atoms with Crippen LogP contribution < -0.4 is 10.1 Å². The van der Waals surface area contributed by atoms with E-state index < -0.39 is 0 Å². The number of amides is 2. The van der Waals surface area contributed by atoms with E-state index in [1.165, 1.54) is 4.90 Å². The molecule has 25 heavy (non-hydrogen) atoms. The lowest BCUT2D eigenvalue weighted by atomic mass is 10.1. The lowest BCUT2D eigenvalue weighted by Crippen LogP contribution is -2.51. The van der Waals surface area contributed by atoms with Crippen LogP contribution in [-0.2, 0) is 20.9 Å². The number of benzene rings is 1. The van der Waals surface area contributed by atoms with Gasteiger partial charge < -0.3 is 24.8 Å². The van der Waals surface area contributed by atoms with Crippen LogP contribution in [0.1, 0.15) is 24.8 Å². The van der Waals surface area contributed by atoms with E-state index in [0.717, 1.165) is 5.56 Å². The molecule has 1 aromatic rings. The number of carbonyl (C=O) groups is 2. The number of hydrogen-bond acceptors (Lipinski definition) is 5. The van der Waals surface area contributed by atoms with Crippen LogP contribution in [0.5, 0.6) is 5.75 Å². The molecule has 0 spiro atoms. The summed E-state index contributed by atoms with van der Waals surface area (Å²) in [7, 11) is 3.34. The molecule has 7 heteroatoms. The minimum atomic E-state index is -0.290. The van der Waals surface area contributed by atoms with Crippen molar-refractivity contribution < 1.29 is 24.2 Å². The fourth-order valence-corrected chi connectivity index (χ4v) is 2.56. The van der Waals surface area contributed by atoms with Crippen LogP contribution >= 0.6 is 0 Å². The molecule has 0 aliphatic carbocycles. The molecule has 1 aromatic carbocycles. The third kappa shape index (κ3) is 6.03. The van der Waals surface area contributed by atoms with Gasteiger partial charge in [-0.1, -0.05) is 12.1 Å². The zero-order chi connectivity index (χ0) is 18.2. The molecule has 1 saturated heterocycles. The molecule has 2 atom stereocenters. The summed E-state index contributed by atoms with van der Waals surface area (Å²) in [6.45, 7) is 0.936. The van der Waals surface area contributed by atoms with Gasteiger partial charge in [-0.3, -0.25) is 9.59 Å². The zero-order valence-corrected chi connectivity index (χ0v) is 14.7. The van der Waals surface area contributed by atoms with Gasteiger partial charge in [-0.2, -0.15) is 0 Å². The Morgan fingerprint density at radius 3 is 2.64 bits per heavy atom. The van der Waals surface area contributed by atoms with Gasteiger partial charge in [0.1, 0.15) is 11.9 Å². The van der Waals surface area contributed by atoms with Crippen molar-refractivity contribution in [1.82, 2.24) is 10.2 Å². The molecule has 0 aromatic heterocycles. The number of rotatable bonds is 7. The third-order valence-corrected chi connectivity index (χ3v) is 4.11. The van der Waals surface area contributed by atoms with E-state index in [0.29, 0.717) is 25.4 Å². The van der Waals surface area contributed by atoms with Crippen LogP contribution in [0.2, 0.25) is 0 Å². The molecule has 138 valence electrons.